The Morgan fingerprint density at radius 3 is 2.42 bits per heavy atom. The van der Waals surface area contributed by atoms with Crippen molar-refractivity contribution < 1.29 is 0 Å². The van der Waals surface area contributed by atoms with Crippen LogP contribution in [-0.2, 0) is 0 Å². The number of nitrogens with one attached hydrogen (secondary N) is 2. The Labute approximate surface area is 169 Å². The van der Waals surface area contributed by atoms with Crippen molar-refractivity contribution in [2.45, 2.75) is 44.4 Å². The lowest BCUT2D eigenvalue weighted by Crippen LogP contribution is -2.47. The molecule has 0 amide bonds. The van der Waals surface area contributed by atoms with Gasteiger partial charge in [0.05, 0.1) is 6.54 Å². The highest BCUT2D eigenvalue weighted by molar-refractivity contribution is 14.0. The van der Waals surface area contributed by atoms with E-state index in [1.165, 1.54) is 52.0 Å². The molecule has 142 valence electrons. The second-order valence-electron chi connectivity index (χ2n) is 6.55. The van der Waals surface area contributed by atoms with Crippen molar-refractivity contribution in [3.8, 4) is 0 Å². The first kappa shape index (κ1) is 22.3. The molecule has 2 unspecified atom stereocenters. The first-order valence-corrected chi connectivity index (χ1v) is 10.6. The summed E-state index contributed by atoms with van der Waals surface area (Å²) < 4.78 is 0. The quantitative estimate of drug-likeness (QED) is 0.340. The van der Waals surface area contributed by atoms with Gasteiger partial charge in [0, 0.05) is 50.6 Å². The summed E-state index contributed by atoms with van der Waals surface area (Å²) >= 11 is 2.00. The molecular weight excluding hydrogens is 433 g/mol. The maximum absolute atomic E-state index is 4.79. The van der Waals surface area contributed by atoms with Crippen LogP contribution in [0.2, 0.25) is 0 Å². The topological polar surface area (TPSA) is 42.9 Å². The molecule has 2 N–H and O–H groups in total. The molecule has 0 radical (unpaired) electrons. The van der Waals surface area contributed by atoms with Gasteiger partial charge >= 0.3 is 0 Å². The van der Waals surface area contributed by atoms with Gasteiger partial charge in [0.15, 0.2) is 5.96 Å². The molecular formula is C17H36IN5S. The van der Waals surface area contributed by atoms with Gasteiger partial charge < -0.3 is 15.5 Å². The van der Waals surface area contributed by atoms with E-state index in [9.17, 15) is 0 Å². The van der Waals surface area contributed by atoms with E-state index in [1.807, 2.05) is 11.8 Å². The maximum atomic E-state index is 4.79. The summed E-state index contributed by atoms with van der Waals surface area (Å²) in [7, 11) is 0. The number of thioether (sulfide) groups is 1. The molecule has 2 aliphatic rings. The van der Waals surface area contributed by atoms with Gasteiger partial charge in [-0.25, -0.2) is 0 Å². The molecule has 2 rings (SSSR count). The molecule has 1 aliphatic carbocycles. The standard InChI is InChI=1S/C17H35N5S.HI/c1-4-18-17(20-15-6-7-16(14-15)23-3)19-8-9-22-12-10-21(5-2)11-13-22;/h15-16H,4-14H2,1-3H3,(H2,18,19,20);1H. The smallest absolute Gasteiger partial charge is 0.191 e. The summed E-state index contributed by atoms with van der Waals surface area (Å²) in [5.41, 5.74) is 0. The lowest BCUT2D eigenvalue weighted by Gasteiger charge is -2.33. The molecule has 1 saturated carbocycles. The van der Waals surface area contributed by atoms with Crippen LogP contribution in [0.4, 0.5) is 0 Å². The summed E-state index contributed by atoms with van der Waals surface area (Å²) in [5.74, 6) is 1.01. The van der Waals surface area contributed by atoms with Crippen molar-refractivity contribution in [3.05, 3.63) is 0 Å². The predicted molar refractivity (Wildman–Crippen MR) is 118 cm³/mol. The summed E-state index contributed by atoms with van der Waals surface area (Å²) in [6.07, 6.45) is 6.10. The van der Waals surface area contributed by atoms with Crippen LogP contribution in [0.1, 0.15) is 33.1 Å². The van der Waals surface area contributed by atoms with Crippen molar-refractivity contribution in [1.29, 1.82) is 0 Å². The third-order valence-corrected chi connectivity index (χ3v) is 6.10. The zero-order valence-corrected chi connectivity index (χ0v) is 18.7. The van der Waals surface area contributed by atoms with Crippen molar-refractivity contribution in [1.82, 2.24) is 20.4 Å². The Morgan fingerprint density at radius 1 is 1.12 bits per heavy atom. The molecule has 2 atom stereocenters. The Balaban J connectivity index is 0.00000288. The lowest BCUT2D eigenvalue weighted by atomic mass is 10.2. The lowest BCUT2D eigenvalue weighted by molar-refractivity contribution is 0.140. The number of guanidine groups is 1. The van der Waals surface area contributed by atoms with Gasteiger partial charge in [0.1, 0.15) is 0 Å². The van der Waals surface area contributed by atoms with E-state index in [2.05, 4.69) is 40.5 Å². The third-order valence-electron chi connectivity index (χ3n) is 5.00. The minimum absolute atomic E-state index is 0. The van der Waals surface area contributed by atoms with Gasteiger partial charge in [-0.3, -0.25) is 9.89 Å². The van der Waals surface area contributed by atoms with Crippen LogP contribution < -0.4 is 10.6 Å². The second-order valence-corrected chi connectivity index (χ2v) is 7.69. The van der Waals surface area contributed by atoms with E-state index in [4.69, 9.17) is 4.99 Å². The minimum atomic E-state index is 0. The van der Waals surface area contributed by atoms with E-state index in [0.717, 1.165) is 30.8 Å². The van der Waals surface area contributed by atoms with Crippen LogP contribution in [0.25, 0.3) is 0 Å². The fourth-order valence-electron chi connectivity index (χ4n) is 3.43. The Hall–Kier alpha value is 0.270. The van der Waals surface area contributed by atoms with E-state index in [1.54, 1.807) is 0 Å². The number of aliphatic imine (C=N–C) groups is 1. The largest absolute Gasteiger partial charge is 0.357 e. The fraction of sp³-hybridized carbons (Fsp3) is 0.941. The van der Waals surface area contributed by atoms with Gasteiger partial charge in [-0.1, -0.05) is 6.92 Å². The van der Waals surface area contributed by atoms with Crippen molar-refractivity contribution in [2.24, 2.45) is 4.99 Å². The average molecular weight is 469 g/mol. The third kappa shape index (κ3) is 7.66. The Kier molecular flexibility index (Phi) is 11.7. The minimum Gasteiger partial charge on any atom is -0.357 e. The number of halogens is 1. The molecule has 2 fully saturated rings. The zero-order chi connectivity index (χ0) is 16.5. The molecule has 5 nitrogen and oxygen atoms in total. The van der Waals surface area contributed by atoms with Crippen molar-refractivity contribution in [2.75, 3.05) is 58.6 Å². The summed E-state index contributed by atoms with van der Waals surface area (Å²) in [6.45, 7) is 13.2. The summed E-state index contributed by atoms with van der Waals surface area (Å²) in [6, 6.07) is 0.596. The zero-order valence-electron chi connectivity index (χ0n) is 15.6. The molecule has 0 aromatic rings. The highest BCUT2D eigenvalue weighted by atomic mass is 127. The van der Waals surface area contributed by atoms with Crippen LogP contribution in [0.5, 0.6) is 0 Å². The van der Waals surface area contributed by atoms with E-state index < -0.39 is 0 Å². The Bertz CT molecular complexity index is 361. The number of rotatable bonds is 7. The molecule has 24 heavy (non-hydrogen) atoms. The van der Waals surface area contributed by atoms with Crippen LogP contribution in [0.3, 0.4) is 0 Å². The van der Waals surface area contributed by atoms with Gasteiger partial charge in [-0.2, -0.15) is 11.8 Å². The van der Waals surface area contributed by atoms with E-state index >= 15 is 0 Å². The molecule has 0 spiro atoms. The molecule has 1 aliphatic heterocycles. The number of hydrogen-bond acceptors (Lipinski definition) is 4. The predicted octanol–water partition coefficient (Wildman–Crippen LogP) is 2.08. The van der Waals surface area contributed by atoms with Crippen LogP contribution in [-0.4, -0.2) is 85.7 Å². The van der Waals surface area contributed by atoms with Crippen LogP contribution in [0.15, 0.2) is 4.99 Å². The van der Waals surface area contributed by atoms with Gasteiger partial charge in [0.25, 0.3) is 0 Å². The monoisotopic (exact) mass is 469 g/mol. The number of likely N-dealkylation sites (N-methyl/N-ethyl adjacent to an activating group) is 1. The number of piperazine rings is 1. The van der Waals surface area contributed by atoms with Crippen LogP contribution >= 0.6 is 35.7 Å². The van der Waals surface area contributed by atoms with E-state index in [0.29, 0.717) is 6.04 Å². The molecule has 1 heterocycles. The fourth-order valence-corrected chi connectivity index (χ4v) is 4.23. The van der Waals surface area contributed by atoms with E-state index in [-0.39, 0.29) is 24.0 Å². The maximum Gasteiger partial charge on any atom is 0.191 e. The molecule has 0 aromatic carbocycles. The molecule has 1 saturated heterocycles. The van der Waals surface area contributed by atoms with Gasteiger partial charge in [-0.15, -0.1) is 24.0 Å². The molecule has 0 aromatic heterocycles. The Morgan fingerprint density at radius 2 is 1.83 bits per heavy atom. The van der Waals surface area contributed by atoms with Gasteiger partial charge in [0.2, 0.25) is 0 Å². The highest BCUT2D eigenvalue weighted by Gasteiger charge is 2.24. The van der Waals surface area contributed by atoms with Crippen LogP contribution in [0, 0.1) is 0 Å². The first-order valence-electron chi connectivity index (χ1n) is 9.27. The summed E-state index contributed by atoms with van der Waals surface area (Å²) in [5, 5.41) is 7.86. The van der Waals surface area contributed by atoms with Crippen molar-refractivity contribution in [3.63, 3.8) is 0 Å². The normalized spacial score (nSPS) is 26.2. The first-order chi connectivity index (χ1) is 11.2. The SMILES string of the molecule is CCNC(=NCCN1CCN(CC)CC1)NC1CCC(SC)C1.I. The number of hydrogen-bond donors (Lipinski definition) is 2. The highest BCUT2D eigenvalue weighted by Crippen LogP contribution is 2.27. The average Bonchev–Trinajstić information content (AvgIpc) is 3.03. The molecule has 0 bridgehead atoms. The second kappa shape index (κ2) is 12.6. The summed E-state index contributed by atoms with van der Waals surface area (Å²) in [4.78, 5) is 9.86. The van der Waals surface area contributed by atoms with Crippen molar-refractivity contribution >= 4 is 41.7 Å². The van der Waals surface area contributed by atoms with Gasteiger partial charge in [-0.05, 0) is 39.0 Å². The number of nitrogens with zero attached hydrogens (tertiary/aromatic N) is 3. The molecule has 7 heteroatoms.